The fraction of sp³-hybridized carbons (Fsp3) is 0.429. The summed E-state index contributed by atoms with van der Waals surface area (Å²) in [6.07, 6.45) is 11.5. The van der Waals surface area contributed by atoms with Gasteiger partial charge in [-0.2, -0.15) is 0 Å². The quantitative estimate of drug-likeness (QED) is 0.409. The first-order chi connectivity index (χ1) is 15.0. The van der Waals surface area contributed by atoms with Gasteiger partial charge in [0.05, 0.1) is 0 Å². The molecule has 0 spiro atoms. The van der Waals surface area contributed by atoms with Crippen molar-refractivity contribution < 1.29 is 13.2 Å². The molecule has 0 radical (unpaired) electrons. The van der Waals surface area contributed by atoms with E-state index in [1.165, 1.54) is 25.3 Å². The summed E-state index contributed by atoms with van der Waals surface area (Å²) in [5.74, 6) is 0.156. The monoisotopic (exact) mass is 424 g/mol. The van der Waals surface area contributed by atoms with E-state index >= 15 is 4.39 Å². The number of benzene rings is 2. The normalized spacial score (nSPS) is 25.6. The third-order valence-electron chi connectivity index (χ3n) is 7.52. The number of fused-ring (bicyclic) bond motifs is 1. The average Bonchev–Trinajstić information content (AvgIpc) is 2.79. The SMILES string of the molecule is C=CCCc1ccc(-c2ccc(C3CCC4CC(C=C)CCC4C3)c(F)c2)c(F)c1F. The Morgan fingerprint density at radius 2 is 1.65 bits per heavy atom. The second-order valence-corrected chi connectivity index (χ2v) is 9.30. The highest BCUT2D eigenvalue weighted by molar-refractivity contribution is 5.65. The van der Waals surface area contributed by atoms with E-state index in [4.69, 9.17) is 0 Å². The van der Waals surface area contributed by atoms with Crippen LogP contribution in [0.25, 0.3) is 11.1 Å². The van der Waals surface area contributed by atoms with Crippen molar-refractivity contribution in [2.75, 3.05) is 0 Å². The summed E-state index contributed by atoms with van der Waals surface area (Å²) in [6.45, 7) is 7.57. The van der Waals surface area contributed by atoms with E-state index in [0.717, 1.165) is 30.7 Å². The van der Waals surface area contributed by atoms with Gasteiger partial charge < -0.3 is 0 Å². The molecule has 0 bridgehead atoms. The fourth-order valence-electron chi connectivity index (χ4n) is 5.71. The van der Waals surface area contributed by atoms with E-state index in [1.54, 1.807) is 30.3 Å². The van der Waals surface area contributed by atoms with Crippen LogP contribution in [0.15, 0.2) is 55.6 Å². The highest BCUT2D eigenvalue weighted by atomic mass is 19.2. The number of hydrogen-bond acceptors (Lipinski definition) is 0. The Bertz CT molecular complexity index is 961. The number of rotatable bonds is 6. The summed E-state index contributed by atoms with van der Waals surface area (Å²) in [4.78, 5) is 0. The molecule has 4 rings (SSSR count). The first-order valence-electron chi connectivity index (χ1n) is 11.5. The van der Waals surface area contributed by atoms with Crippen LogP contribution in [0.3, 0.4) is 0 Å². The van der Waals surface area contributed by atoms with Gasteiger partial charge in [-0.1, -0.05) is 36.4 Å². The first kappa shape index (κ1) is 21.9. The third kappa shape index (κ3) is 4.51. The molecule has 164 valence electrons. The predicted octanol–water partition coefficient (Wildman–Crippen LogP) is 8.38. The van der Waals surface area contributed by atoms with Gasteiger partial charge in [-0.05, 0) is 97.8 Å². The lowest BCUT2D eigenvalue weighted by molar-refractivity contribution is 0.132. The molecule has 0 amide bonds. The molecule has 4 atom stereocenters. The number of hydrogen-bond donors (Lipinski definition) is 0. The van der Waals surface area contributed by atoms with Gasteiger partial charge in [0, 0.05) is 5.56 Å². The lowest BCUT2D eigenvalue weighted by Crippen LogP contribution is -2.30. The van der Waals surface area contributed by atoms with Gasteiger partial charge in [0.15, 0.2) is 11.6 Å². The lowest BCUT2D eigenvalue weighted by atomic mass is 9.64. The minimum Gasteiger partial charge on any atom is -0.207 e. The molecule has 0 saturated heterocycles. The van der Waals surface area contributed by atoms with E-state index in [2.05, 4.69) is 19.2 Å². The van der Waals surface area contributed by atoms with Crippen LogP contribution >= 0.6 is 0 Å². The van der Waals surface area contributed by atoms with Crippen LogP contribution in [0.4, 0.5) is 13.2 Å². The van der Waals surface area contributed by atoms with Crippen molar-refractivity contribution in [1.82, 2.24) is 0 Å². The second kappa shape index (κ2) is 9.46. The zero-order valence-electron chi connectivity index (χ0n) is 18.1. The molecule has 2 saturated carbocycles. The Labute approximate surface area is 183 Å². The van der Waals surface area contributed by atoms with Crippen LogP contribution in [-0.2, 0) is 6.42 Å². The van der Waals surface area contributed by atoms with Gasteiger partial charge in [0.2, 0.25) is 0 Å². The highest BCUT2D eigenvalue weighted by Crippen LogP contribution is 2.48. The summed E-state index contributed by atoms with van der Waals surface area (Å²) in [7, 11) is 0. The largest absolute Gasteiger partial charge is 0.207 e. The van der Waals surface area contributed by atoms with E-state index in [9.17, 15) is 8.78 Å². The van der Waals surface area contributed by atoms with Crippen molar-refractivity contribution in [3.8, 4) is 11.1 Å². The summed E-state index contributed by atoms with van der Waals surface area (Å²) in [5.41, 5.74) is 1.53. The Hall–Kier alpha value is -2.29. The van der Waals surface area contributed by atoms with Crippen LogP contribution in [0.5, 0.6) is 0 Å². The summed E-state index contributed by atoms with van der Waals surface area (Å²) >= 11 is 0. The minimum absolute atomic E-state index is 0.108. The Kier molecular flexibility index (Phi) is 6.69. The van der Waals surface area contributed by atoms with E-state index in [1.807, 2.05) is 0 Å². The number of aryl methyl sites for hydroxylation is 1. The Morgan fingerprint density at radius 3 is 2.39 bits per heavy atom. The molecule has 0 heterocycles. The van der Waals surface area contributed by atoms with Gasteiger partial charge in [-0.3, -0.25) is 0 Å². The maximum Gasteiger partial charge on any atom is 0.166 e. The van der Waals surface area contributed by atoms with Gasteiger partial charge in [-0.25, -0.2) is 13.2 Å². The van der Waals surface area contributed by atoms with Crippen molar-refractivity contribution in [2.45, 2.75) is 57.3 Å². The molecule has 2 aliphatic carbocycles. The standard InChI is InChI=1S/C28H31F3/c1-3-5-6-19-11-14-25(28(31)27(19)30)23-12-13-24(26(29)17-23)22-10-9-20-15-18(4-2)7-8-21(20)16-22/h3-4,11-14,17-18,20-22H,1-2,5-10,15-16H2. The Morgan fingerprint density at radius 1 is 0.871 bits per heavy atom. The predicted molar refractivity (Wildman–Crippen MR) is 121 cm³/mol. The van der Waals surface area contributed by atoms with E-state index < -0.39 is 11.6 Å². The second-order valence-electron chi connectivity index (χ2n) is 9.30. The molecule has 2 aromatic rings. The molecule has 0 N–H and O–H groups in total. The molecule has 2 aliphatic rings. The summed E-state index contributed by atoms with van der Waals surface area (Å²) < 4.78 is 44.2. The Balaban J connectivity index is 1.52. The van der Waals surface area contributed by atoms with Crippen molar-refractivity contribution in [1.29, 1.82) is 0 Å². The molecular weight excluding hydrogens is 393 g/mol. The van der Waals surface area contributed by atoms with Crippen molar-refractivity contribution in [3.05, 3.63) is 84.2 Å². The van der Waals surface area contributed by atoms with Crippen LogP contribution < -0.4 is 0 Å². The molecule has 31 heavy (non-hydrogen) atoms. The van der Waals surface area contributed by atoms with Crippen molar-refractivity contribution in [3.63, 3.8) is 0 Å². The van der Waals surface area contributed by atoms with Gasteiger partial charge >= 0.3 is 0 Å². The van der Waals surface area contributed by atoms with Crippen LogP contribution in [0.2, 0.25) is 0 Å². The highest BCUT2D eigenvalue weighted by Gasteiger charge is 2.36. The lowest BCUT2D eigenvalue weighted by Gasteiger charge is -2.41. The first-order valence-corrected chi connectivity index (χ1v) is 11.5. The molecule has 2 aromatic carbocycles. The molecule has 3 heteroatoms. The van der Waals surface area contributed by atoms with Crippen LogP contribution in [0, 0.1) is 35.2 Å². The van der Waals surface area contributed by atoms with Gasteiger partial charge in [0.1, 0.15) is 5.82 Å². The zero-order valence-corrected chi connectivity index (χ0v) is 18.1. The van der Waals surface area contributed by atoms with Crippen molar-refractivity contribution >= 4 is 0 Å². The number of allylic oxidation sites excluding steroid dienone is 2. The average molecular weight is 425 g/mol. The molecule has 4 unspecified atom stereocenters. The third-order valence-corrected chi connectivity index (χ3v) is 7.52. The van der Waals surface area contributed by atoms with E-state index in [0.29, 0.717) is 35.8 Å². The zero-order chi connectivity index (χ0) is 22.0. The van der Waals surface area contributed by atoms with Gasteiger partial charge in [0.25, 0.3) is 0 Å². The smallest absolute Gasteiger partial charge is 0.166 e. The van der Waals surface area contributed by atoms with Crippen LogP contribution in [0.1, 0.15) is 62.0 Å². The van der Waals surface area contributed by atoms with Crippen LogP contribution in [-0.4, -0.2) is 0 Å². The molecular formula is C28H31F3. The molecule has 0 aromatic heterocycles. The topological polar surface area (TPSA) is 0 Å². The molecule has 0 nitrogen and oxygen atoms in total. The maximum absolute atomic E-state index is 15.1. The minimum atomic E-state index is -0.909. The molecule has 0 aliphatic heterocycles. The maximum atomic E-state index is 15.1. The summed E-state index contributed by atoms with van der Waals surface area (Å²) in [5, 5.41) is 0. The fourth-order valence-corrected chi connectivity index (χ4v) is 5.71. The molecule has 2 fully saturated rings. The van der Waals surface area contributed by atoms with E-state index in [-0.39, 0.29) is 17.3 Å². The van der Waals surface area contributed by atoms with Crippen molar-refractivity contribution in [2.24, 2.45) is 17.8 Å². The number of halogens is 3. The van der Waals surface area contributed by atoms with Gasteiger partial charge in [-0.15, -0.1) is 13.2 Å². The summed E-state index contributed by atoms with van der Waals surface area (Å²) in [6, 6.07) is 8.03.